The molecule has 4 rings (SSSR count). The summed E-state index contributed by atoms with van der Waals surface area (Å²) in [6.45, 7) is 0.366. The number of hydrazone groups is 1. The Balaban J connectivity index is 1.54. The molecule has 166 valence electrons. The fourth-order valence-electron chi connectivity index (χ4n) is 3.34. The van der Waals surface area contributed by atoms with Crippen LogP contribution in [0.25, 0.3) is 10.9 Å². The van der Waals surface area contributed by atoms with Crippen molar-refractivity contribution in [2.45, 2.75) is 6.54 Å². The number of hydrogen-bond acceptors (Lipinski definition) is 7. The number of fused-ring (bicyclic) bond motifs is 1. The number of hydrogen-bond donors (Lipinski definition) is 1. The number of non-ortho nitro benzene ring substituents is 1. The number of rotatable bonds is 7. The number of carbonyl (C=O) groups is 2. The van der Waals surface area contributed by atoms with Crippen molar-refractivity contribution in [1.82, 2.24) is 9.99 Å². The number of ether oxygens (including phenoxy) is 1. The third-order valence-electron chi connectivity index (χ3n) is 4.88. The molecule has 0 bridgehead atoms. The second-order valence-corrected chi connectivity index (χ2v) is 6.99. The molecule has 0 spiro atoms. The summed E-state index contributed by atoms with van der Waals surface area (Å²) < 4.78 is 12.1. The van der Waals surface area contributed by atoms with Crippen LogP contribution < -0.4 is 5.43 Å². The van der Waals surface area contributed by atoms with Gasteiger partial charge in [0.15, 0.2) is 0 Å². The summed E-state index contributed by atoms with van der Waals surface area (Å²) in [6.07, 6.45) is 3.34. The number of methoxy groups -OCH3 is 1. The van der Waals surface area contributed by atoms with E-state index >= 15 is 0 Å². The van der Waals surface area contributed by atoms with Crippen LogP contribution >= 0.6 is 0 Å². The van der Waals surface area contributed by atoms with Crippen LogP contribution in [0.5, 0.6) is 0 Å². The third kappa shape index (κ3) is 4.64. The number of aromatic nitrogens is 1. The average molecular weight is 446 g/mol. The number of para-hydroxylation sites is 1. The van der Waals surface area contributed by atoms with Crippen LogP contribution in [-0.4, -0.2) is 34.7 Å². The van der Waals surface area contributed by atoms with Gasteiger partial charge in [0.1, 0.15) is 5.76 Å². The average Bonchev–Trinajstić information content (AvgIpc) is 3.44. The van der Waals surface area contributed by atoms with Gasteiger partial charge >= 0.3 is 5.97 Å². The first-order valence-corrected chi connectivity index (χ1v) is 9.79. The van der Waals surface area contributed by atoms with E-state index in [1.54, 1.807) is 12.1 Å². The molecule has 2 aromatic heterocycles. The van der Waals surface area contributed by atoms with E-state index in [2.05, 4.69) is 15.3 Å². The zero-order valence-electron chi connectivity index (χ0n) is 17.4. The van der Waals surface area contributed by atoms with E-state index < -0.39 is 16.8 Å². The summed E-state index contributed by atoms with van der Waals surface area (Å²) in [7, 11) is 1.29. The predicted molar refractivity (Wildman–Crippen MR) is 119 cm³/mol. The number of carbonyl (C=O) groups excluding carboxylic acids is 2. The number of nitrogens with one attached hydrogen (secondary N) is 1. The van der Waals surface area contributed by atoms with Crippen LogP contribution in [0.1, 0.15) is 32.2 Å². The van der Waals surface area contributed by atoms with Crippen molar-refractivity contribution in [3.05, 3.63) is 99.6 Å². The van der Waals surface area contributed by atoms with Gasteiger partial charge in [0.25, 0.3) is 11.6 Å². The lowest BCUT2D eigenvalue weighted by Gasteiger charge is -2.02. The van der Waals surface area contributed by atoms with E-state index in [1.165, 1.54) is 37.6 Å². The standard InChI is InChI=1S/C23H18N4O6/c1-32-23(29)21-10-9-18(33-21)14-26-13-16(19-7-2-3-8-20(19)26)12-24-25-22(28)15-5-4-6-17(11-15)27(30)31/h2-13H,14H2,1H3,(H,25,28)/b24-12-. The largest absolute Gasteiger partial charge is 0.463 e. The Kier molecular flexibility index (Phi) is 5.98. The van der Waals surface area contributed by atoms with Crippen molar-refractivity contribution >= 4 is 34.7 Å². The molecule has 4 aromatic rings. The van der Waals surface area contributed by atoms with Crippen LogP contribution in [0.15, 0.2) is 76.4 Å². The zero-order valence-corrected chi connectivity index (χ0v) is 17.4. The minimum atomic E-state index is -0.567. The van der Waals surface area contributed by atoms with Crippen molar-refractivity contribution < 1.29 is 23.7 Å². The van der Waals surface area contributed by atoms with Crippen molar-refractivity contribution in [2.24, 2.45) is 5.10 Å². The lowest BCUT2D eigenvalue weighted by atomic mass is 10.2. The summed E-state index contributed by atoms with van der Waals surface area (Å²) in [4.78, 5) is 34.2. The Morgan fingerprint density at radius 1 is 1.18 bits per heavy atom. The van der Waals surface area contributed by atoms with Crippen LogP contribution in [0, 0.1) is 10.1 Å². The number of nitro benzene ring substituents is 1. The number of furan rings is 1. The summed E-state index contributed by atoms with van der Waals surface area (Å²) in [5.74, 6) is -0.427. The number of nitro groups is 1. The van der Waals surface area contributed by atoms with Gasteiger partial charge in [-0.15, -0.1) is 0 Å². The summed E-state index contributed by atoms with van der Waals surface area (Å²) in [5, 5.41) is 15.8. The fourth-order valence-corrected chi connectivity index (χ4v) is 3.34. The number of esters is 1. The highest BCUT2D eigenvalue weighted by atomic mass is 16.6. The molecule has 0 aliphatic heterocycles. The monoisotopic (exact) mass is 446 g/mol. The molecule has 0 saturated heterocycles. The highest BCUT2D eigenvalue weighted by Crippen LogP contribution is 2.22. The third-order valence-corrected chi connectivity index (χ3v) is 4.88. The molecule has 0 fully saturated rings. The molecule has 33 heavy (non-hydrogen) atoms. The molecule has 10 heteroatoms. The summed E-state index contributed by atoms with van der Waals surface area (Å²) >= 11 is 0. The number of nitrogens with zero attached hydrogens (tertiary/aromatic N) is 3. The molecule has 10 nitrogen and oxygen atoms in total. The minimum absolute atomic E-state index is 0.120. The van der Waals surface area contributed by atoms with Gasteiger partial charge in [-0.25, -0.2) is 10.2 Å². The van der Waals surface area contributed by atoms with Gasteiger partial charge in [-0.3, -0.25) is 14.9 Å². The lowest BCUT2D eigenvalue weighted by molar-refractivity contribution is -0.384. The van der Waals surface area contributed by atoms with E-state index in [0.717, 1.165) is 16.5 Å². The zero-order chi connectivity index (χ0) is 23.4. The maximum Gasteiger partial charge on any atom is 0.373 e. The van der Waals surface area contributed by atoms with Crippen molar-refractivity contribution in [1.29, 1.82) is 0 Å². The molecular formula is C23H18N4O6. The second kappa shape index (κ2) is 9.18. The smallest absolute Gasteiger partial charge is 0.373 e. The minimum Gasteiger partial charge on any atom is -0.463 e. The Labute approximate surface area is 187 Å². The Morgan fingerprint density at radius 2 is 2.00 bits per heavy atom. The van der Waals surface area contributed by atoms with E-state index in [0.29, 0.717) is 12.3 Å². The van der Waals surface area contributed by atoms with Crippen LogP contribution in [-0.2, 0) is 11.3 Å². The van der Waals surface area contributed by atoms with Crippen molar-refractivity contribution in [2.75, 3.05) is 7.11 Å². The molecule has 1 amide bonds. The first-order valence-electron chi connectivity index (χ1n) is 9.79. The Morgan fingerprint density at radius 3 is 2.79 bits per heavy atom. The highest BCUT2D eigenvalue weighted by Gasteiger charge is 2.14. The highest BCUT2D eigenvalue weighted by molar-refractivity contribution is 6.00. The SMILES string of the molecule is COC(=O)c1ccc(Cn2cc(/C=N\NC(=O)c3cccc([N+](=O)[O-])c3)c3ccccc32)o1. The molecule has 0 unspecified atom stereocenters. The van der Waals surface area contributed by atoms with E-state index in [4.69, 9.17) is 4.42 Å². The maximum absolute atomic E-state index is 12.3. The van der Waals surface area contributed by atoms with Gasteiger partial charge in [-0.2, -0.15) is 5.10 Å². The molecule has 2 heterocycles. The van der Waals surface area contributed by atoms with Crippen LogP contribution in [0.3, 0.4) is 0 Å². The fraction of sp³-hybridized carbons (Fsp3) is 0.0870. The molecule has 0 radical (unpaired) electrons. The van der Waals surface area contributed by atoms with Gasteiger partial charge in [0.2, 0.25) is 5.76 Å². The van der Waals surface area contributed by atoms with Crippen LogP contribution in [0.2, 0.25) is 0 Å². The van der Waals surface area contributed by atoms with E-state index in [-0.39, 0.29) is 17.0 Å². The van der Waals surface area contributed by atoms with Gasteiger partial charge in [0.05, 0.1) is 24.8 Å². The quantitative estimate of drug-likeness (QED) is 0.199. The normalized spacial score (nSPS) is 11.1. The Bertz CT molecular complexity index is 1380. The molecular weight excluding hydrogens is 428 g/mol. The molecule has 0 aliphatic carbocycles. The van der Waals surface area contributed by atoms with Gasteiger partial charge < -0.3 is 13.7 Å². The van der Waals surface area contributed by atoms with Gasteiger partial charge in [-0.1, -0.05) is 24.3 Å². The predicted octanol–water partition coefficient (Wildman–Crippen LogP) is 3.74. The van der Waals surface area contributed by atoms with Gasteiger partial charge in [0, 0.05) is 40.4 Å². The lowest BCUT2D eigenvalue weighted by Crippen LogP contribution is -2.17. The van der Waals surface area contributed by atoms with E-state index in [9.17, 15) is 19.7 Å². The van der Waals surface area contributed by atoms with E-state index in [1.807, 2.05) is 35.0 Å². The first-order chi connectivity index (χ1) is 16.0. The number of amides is 1. The summed E-state index contributed by atoms with van der Waals surface area (Å²) in [6, 6.07) is 16.3. The first kappa shape index (κ1) is 21.5. The second-order valence-electron chi connectivity index (χ2n) is 6.99. The molecule has 0 saturated carbocycles. The molecule has 0 aliphatic rings. The molecule has 0 atom stereocenters. The number of benzene rings is 2. The van der Waals surface area contributed by atoms with Crippen molar-refractivity contribution in [3.63, 3.8) is 0 Å². The Hall–Kier alpha value is -4.73. The van der Waals surface area contributed by atoms with Gasteiger partial charge in [-0.05, 0) is 24.3 Å². The summed E-state index contributed by atoms with van der Waals surface area (Å²) in [5.41, 5.74) is 3.98. The van der Waals surface area contributed by atoms with Crippen molar-refractivity contribution in [3.8, 4) is 0 Å². The molecule has 1 N–H and O–H groups in total. The maximum atomic E-state index is 12.3. The topological polar surface area (TPSA) is 129 Å². The van der Waals surface area contributed by atoms with Crippen LogP contribution in [0.4, 0.5) is 5.69 Å². The molecule has 2 aromatic carbocycles.